The fraction of sp³-hybridized carbons (Fsp3) is 0.833. The third-order valence-electron chi connectivity index (χ3n) is 5.52. The van der Waals surface area contributed by atoms with Crippen LogP contribution in [0.15, 0.2) is 12.2 Å². The number of nitrogens with zero attached hydrogens (tertiary/aromatic N) is 1. The van der Waals surface area contributed by atoms with Gasteiger partial charge in [0.15, 0.2) is 18.2 Å². The Kier molecular flexibility index (Phi) is 7.12. The Hall–Kier alpha value is -1.21. The van der Waals surface area contributed by atoms with Gasteiger partial charge in [0, 0.05) is 6.42 Å². The highest BCUT2D eigenvalue weighted by atomic mass is 16.7. The zero-order chi connectivity index (χ0) is 22.2. The van der Waals surface area contributed by atoms with Gasteiger partial charge in [0.1, 0.15) is 48.8 Å². The highest BCUT2D eigenvalue weighted by Crippen LogP contribution is 2.32. The maximum Gasteiger partial charge on any atom is 0.189 e. The number of hydrogen-bond donors (Lipinski definition) is 7. The third kappa shape index (κ3) is 4.52. The number of aliphatic hydroxyl groups excluding tert-OH is 7. The van der Waals surface area contributed by atoms with Crippen molar-refractivity contribution in [3.8, 4) is 6.07 Å². The molecule has 2 saturated heterocycles. The molecule has 0 aromatic rings. The molecular weight excluding hydrogens is 406 g/mol. The van der Waals surface area contributed by atoms with E-state index in [1.54, 1.807) is 0 Å². The number of nitriles is 1. The summed E-state index contributed by atoms with van der Waals surface area (Å²) in [7, 11) is 0. The molecule has 2 aliphatic heterocycles. The Balaban J connectivity index is 1.65. The molecule has 1 aliphatic carbocycles. The standard InChI is InChI=1S/C18H27NO11/c1-7-10(21)12(23)14(25)16(28-7)27-5-9-11(22)13(24)15(26)17(29-9)30-18(6-19)3-2-8(20)4-18/h2-3,7-17,20-26H,4-5H2,1H3. The number of ether oxygens (including phenoxy) is 4. The lowest BCUT2D eigenvalue weighted by atomic mass is 9.98. The SMILES string of the molecule is CC1OC(OCC2OC(OC3(C#N)C=CC(O)C3)C(O)C(O)C2O)C(O)C(O)C1O. The minimum absolute atomic E-state index is 0.101. The lowest BCUT2D eigenvalue weighted by molar-refractivity contribution is -0.335. The summed E-state index contributed by atoms with van der Waals surface area (Å²) in [5, 5.41) is 79.2. The first kappa shape index (κ1) is 23.5. The van der Waals surface area contributed by atoms with Crippen LogP contribution in [0.4, 0.5) is 0 Å². The summed E-state index contributed by atoms with van der Waals surface area (Å²) in [4.78, 5) is 0. The molecule has 0 bridgehead atoms. The van der Waals surface area contributed by atoms with E-state index in [4.69, 9.17) is 18.9 Å². The summed E-state index contributed by atoms with van der Waals surface area (Å²) in [5.74, 6) is 0. The van der Waals surface area contributed by atoms with Crippen LogP contribution in [0.1, 0.15) is 13.3 Å². The Bertz CT molecular complexity index is 671. The number of aliphatic hydroxyl groups is 7. The highest BCUT2D eigenvalue weighted by molar-refractivity contribution is 5.24. The normalized spacial score (nSPS) is 51.6. The molecule has 0 saturated carbocycles. The van der Waals surface area contributed by atoms with Gasteiger partial charge >= 0.3 is 0 Å². The molecular formula is C18H27NO11. The molecule has 170 valence electrons. The van der Waals surface area contributed by atoms with Crippen LogP contribution in [0.5, 0.6) is 0 Å². The van der Waals surface area contributed by atoms with Gasteiger partial charge in [-0.05, 0) is 13.0 Å². The van der Waals surface area contributed by atoms with E-state index in [2.05, 4.69) is 0 Å². The first-order valence-corrected chi connectivity index (χ1v) is 9.56. The second-order valence-corrected chi connectivity index (χ2v) is 7.78. The molecule has 0 radical (unpaired) electrons. The van der Waals surface area contributed by atoms with E-state index < -0.39 is 79.7 Å². The third-order valence-corrected chi connectivity index (χ3v) is 5.52. The molecule has 2 heterocycles. The Labute approximate surface area is 172 Å². The summed E-state index contributed by atoms with van der Waals surface area (Å²) in [6.45, 7) is 1.02. The zero-order valence-electron chi connectivity index (χ0n) is 16.1. The molecule has 12 unspecified atom stereocenters. The van der Waals surface area contributed by atoms with Crippen LogP contribution in [0.3, 0.4) is 0 Å². The van der Waals surface area contributed by atoms with Crippen LogP contribution in [-0.4, -0.2) is 115 Å². The summed E-state index contributed by atoms with van der Waals surface area (Å²) >= 11 is 0. The lowest BCUT2D eigenvalue weighted by Crippen LogP contribution is -2.62. The van der Waals surface area contributed by atoms with Gasteiger partial charge in [-0.2, -0.15) is 5.26 Å². The van der Waals surface area contributed by atoms with Crippen molar-refractivity contribution >= 4 is 0 Å². The molecule has 0 aromatic heterocycles. The van der Waals surface area contributed by atoms with Gasteiger partial charge in [-0.25, -0.2) is 0 Å². The fourth-order valence-electron chi connectivity index (χ4n) is 3.61. The predicted octanol–water partition coefficient (Wildman–Crippen LogP) is -3.76. The summed E-state index contributed by atoms with van der Waals surface area (Å²) in [6.07, 6.45) is -12.7. The van der Waals surface area contributed by atoms with Crippen molar-refractivity contribution in [1.82, 2.24) is 0 Å². The zero-order valence-corrected chi connectivity index (χ0v) is 16.1. The minimum Gasteiger partial charge on any atom is -0.389 e. The molecule has 0 amide bonds. The van der Waals surface area contributed by atoms with E-state index in [1.165, 1.54) is 19.1 Å². The average Bonchev–Trinajstić information content (AvgIpc) is 3.10. The van der Waals surface area contributed by atoms with Crippen LogP contribution < -0.4 is 0 Å². The van der Waals surface area contributed by atoms with Gasteiger partial charge in [0.05, 0.1) is 18.8 Å². The Morgan fingerprint density at radius 3 is 2.17 bits per heavy atom. The van der Waals surface area contributed by atoms with Crippen molar-refractivity contribution in [2.75, 3.05) is 6.61 Å². The Morgan fingerprint density at radius 1 is 0.933 bits per heavy atom. The van der Waals surface area contributed by atoms with Crippen molar-refractivity contribution in [2.24, 2.45) is 0 Å². The molecule has 0 spiro atoms. The highest BCUT2D eigenvalue weighted by Gasteiger charge is 2.49. The monoisotopic (exact) mass is 433 g/mol. The molecule has 0 aromatic carbocycles. The van der Waals surface area contributed by atoms with Crippen LogP contribution in [0, 0.1) is 11.3 Å². The van der Waals surface area contributed by atoms with Gasteiger partial charge in [-0.15, -0.1) is 0 Å². The van der Waals surface area contributed by atoms with Crippen molar-refractivity contribution < 1.29 is 54.7 Å². The van der Waals surface area contributed by atoms with Crippen LogP contribution >= 0.6 is 0 Å². The molecule has 2 fully saturated rings. The molecule has 12 atom stereocenters. The van der Waals surface area contributed by atoms with Crippen molar-refractivity contribution in [3.63, 3.8) is 0 Å². The molecule has 3 rings (SSSR count). The smallest absolute Gasteiger partial charge is 0.189 e. The summed E-state index contributed by atoms with van der Waals surface area (Å²) in [5.41, 5.74) is -1.59. The van der Waals surface area contributed by atoms with Crippen LogP contribution in [-0.2, 0) is 18.9 Å². The first-order chi connectivity index (χ1) is 14.1. The molecule has 12 nitrogen and oxygen atoms in total. The fourth-order valence-corrected chi connectivity index (χ4v) is 3.61. The minimum atomic E-state index is -1.70. The largest absolute Gasteiger partial charge is 0.389 e. The van der Waals surface area contributed by atoms with Crippen molar-refractivity contribution in [2.45, 2.75) is 86.5 Å². The van der Waals surface area contributed by atoms with Gasteiger partial charge < -0.3 is 54.7 Å². The van der Waals surface area contributed by atoms with E-state index in [1.807, 2.05) is 6.07 Å². The second-order valence-electron chi connectivity index (χ2n) is 7.78. The van der Waals surface area contributed by atoms with E-state index in [-0.39, 0.29) is 6.42 Å². The Morgan fingerprint density at radius 2 is 1.57 bits per heavy atom. The summed E-state index contributed by atoms with van der Waals surface area (Å²) < 4.78 is 21.7. The van der Waals surface area contributed by atoms with Crippen molar-refractivity contribution in [1.29, 1.82) is 5.26 Å². The van der Waals surface area contributed by atoms with Crippen LogP contribution in [0.2, 0.25) is 0 Å². The molecule has 30 heavy (non-hydrogen) atoms. The van der Waals surface area contributed by atoms with Crippen molar-refractivity contribution in [3.05, 3.63) is 12.2 Å². The van der Waals surface area contributed by atoms with E-state index in [0.29, 0.717) is 0 Å². The quantitative estimate of drug-likeness (QED) is 0.209. The lowest BCUT2D eigenvalue weighted by Gasteiger charge is -2.43. The topological polar surface area (TPSA) is 202 Å². The maximum absolute atomic E-state index is 10.2. The number of hydrogen-bond acceptors (Lipinski definition) is 12. The molecule has 12 heteroatoms. The van der Waals surface area contributed by atoms with E-state index >= 15 is 0 Å². The van der Waals surface area contributed by atoms with Gasteiger partial charge in [-0.3, -0.25) is 0 Å². The van der Waals surface area contributed by atoms with E-state index in [0.717, 1.165) is 0 Å². The average molecular weight is 433 g/mol. The number of rotatable bonds is 5. The maximum atomic E-state index is 10.2. The second kappa shape index (κ2) is 9.11. The van der Waals surface area contributed by atoms with Gasteiger partial charge in [0.2, 0.25) is 0 Å². The van der Waals surface area contributed by atoms with Crippen LogP contribution in [0.25, 0.3) is 0 Å². The van der Waals surface area contributed by atoms with E-state index in [9.17, 15) is 41.0 Å². The molecule has 7 N–H and O–H groups in total. The molecule has 3 aliphatic rings. The first-order valence-electron chi connectivity index (χ1n) is 9.56. The summed E-state index contributed by atoms with van der Waals surface area (Å²) in [6, 6.07) is 1.88. The van der Waals surface area contributed by atoms with Gasteiger partial charge in [0.25, 0.3) is 0 Å². The van der Waals surface area contributed by atoms with Gasteiger partial charge in [-0.1, -0.05) is 6.08 Å². The predicted molar refractivity (Wildman–Crippen MR) is 94.2 cm³/mol.